The minimum absolute atomic E-state index is 0.854. The van der Waals surface area contributed by atoms with E-state index in [2.05, 4.69) is 42.6 Å². The van der Waals surface area contributed by atoms with Crippen LogP contribution in [0.4, 0.5) is 0 Å². The SMILES string of the molecule is CN(C)Cn1ccc2c(Br)ccnc21. The first-order valence-corrected chi connectivity index (χ1v) is 5.22. The Bertz CT molecular complexity index is 448. The van der Waals surface area contributed by atoms with Gasteiger partial charge < -0.3 is 4.57 Å². The molecular weight excluding hydrogens is 242 g/mol. The van der Waals surface area contributed by atoms with Gasteiger partial charge in [-0.15, -0.1) is 0 Å². The molecule has 2 aromatic heterocycles. The number of nitrogens with zero attached hydrogens (tertiary/aromatic N) is 3. The number of halogens is 1. The van der Waals surface area contributed by atoms with E-state index in [-0.39, 0.29) is 0 Å². The standard InChI is InChI=1S/C10H12BrN3/c1-13(2)7-14-6-4-8-9(11)3-5-12-10(8)14/h3-6H,7H2,1-2H3. The summed E-state index contributed by atoms with van der Waals surface area (Å²) in [5, 5.41) is 1.16. The number of pyridine rings is 1. The molecule has 4 heteroatoms. The third kappa shape index (κ3) is 1.67. The summed E-state index contributed by atoms with van der Waals surface area (Å²) >= 11 is 3.51. The summed E-state index contributed by atoms with van der Waals surface area (Å²) in [5.74, 6) is 0. The molecule has 2 rings (SSSR count). The Morgan fingerprint density at radius 3 is 2.93 bits per heavy atom. The van der Waals surface area contributed by atoms with Crippen LogP contribution in [-0.2, 0) is 6.67 Å². The fraction of sp³-hybridized carbons (Fsp3) is 0.300. The van der Waals surface area contributed by atoms with Gasteiger partial charge in [-0.1, -0.05) is 0 Å². The van der Waals surface area contributed by atoms with Crippen LogP contribution in [0, 0.1) is 0 Å². The maximum atomic E-state index is 4.36. The van der Waals surface area contributed by atoms with Gasteiger partial charge in [0.25, 0.3) is 0 Å². The first-order valence-electron chi connectivity index (χ1n) is 4.42. The maximum absolute atomic E-state index is 4.36. The zero-order valence-corrected chi connectivity index (χ0v) is 9.82. The second-order valence-electron chi connectivity index (χ2n) is 3.54. The van der Waals surface area contributed by atoms with Crippen molar-refractivity contribution in [2.24, 2.45) is 0 Å². The second-order valence-corrected chi connectivity index (χ2v) is 4.39. The van der Waals surface area contributed by atoms with Gasteiger partial charge >= 0.3 is 0 Å². The fourth-order valence-corrected chi connectivity index (χ4v) is 1.90. The lowest BCUT2D eigenvalue weighted by molar-refractivity contribution is 0.332. The molecule has 0 N–H and O–H groups in total. The topological polar surface area (TPSA) is 21.1 Å². The Hall–Kier alpha value is -0.870. The Morgan fingerprint density at radius 2 is 2.21 bits per heavy atom. The van der Waals surface area contributed by atoms with Crippen LogP contribution in [0.1, 0.15) is 0 Å². The summed E-state index contributed by atoms with van der Waals surface area (Å²) in [6.07, 6.45) is 3.88. The van der Waals surface area contributed by atoms with E-state index in [9.17, 15) is 0 Å². The Morgan fingerprint density at radius 1 is 1.43 bits per heavy atom. The lowest BCUT2D eigenvalue weighted by Gasteiger charge is -2.11. The van der Waals surface area contributed by atoms with Gasteiger partial charge in [0.2, 0.25) is 0 Å². The van der Waals surface area contributed by atoms with Gasteiger partial charge in [0.15, 0.2) is 0 Å². The summed E-state index contributed by atoms with van der Waals surface area (Å²) in [4.78, 5) is 6.47. The summed E-state index contributed by atoms with van der Waals surface area (Å²) in [5.41, 5.74) is 1.02. The van der Waals surface area contributed by atoms with Gasteiger partial charge in [-0.2, -0.15) is 0 Å². The molecule has 0 amide bonds. The minimum atomic E-state index is 0.854. The molecule has 0 spiro atoms. The van der Waals surface area contributed by atoms with Crippen molar-refractivity contribution in [3.8, 4) is 0 Å². The summed E-state index contributed by atoms with van der Waals surface area (Å²) in [6.45, 7) is 0.854. The van der Waals surface area contributed by atoms with Gasteiger partial charge in [0.05, 0.1) is 6.67 Å². The average Bonchev–Trinajstić information content (AvgIpc) is 2.49. The molecule has 0 radical (unpaired) electrons. The zero-order valence-electron chi connectivity index (χ0n) is 8.24. The highest BCUT2D eigenvalue weighted by molar-refractivity contribution is 9.10. The molecule has 3 nitrogen and oxygen atoms in total. The normalized spacial score (nSPS) is 11.4. The van der Waals surface area contributed by atoms with Crippen molar-refractivity contribution in [3.05, 3.63) is 29.0 Å². The third-order valence-corrected chi connectivity index (χ3v) is 2.74. The molecule has 0 aromatic carbocycles. The number of aromatic nitrogens is 2. The summed E-state index contributed by atoms with van der Waals surface area (Å²) < 4.78 is 3.22. The molecule has 0 atom stereocenters. The van der Waals surface area contributed by atoms with Crippen molar-refractivity contribution >= 4 is 27.0 Å². The molecule has 14 heavy (non-hydrogen) atoms. The molecule has 74 valence electrons. The molecule has 0 bridgehead atoms. The predicted octanol–water partition coefficient (Wildman–Crippen LogP) is 2.32. The van der Waals surface area contributed by atoms with Crippen LogP contribution < -0.4 is 0 Å². The van der Waals surface area contributed by atoms with Crippen LogP contribution in [0.15, 0.2) is 29.0 Å². The van der Waals surface area contributed by atoms with E-state index in [0.29, 0.717) is 0 Å². The van der Waals surface area contributed by atoms with Crippen molar-refractivity contribution in [1.82, 2.24) is 14.5 Å². The molecule has 0 fully saturated rings. The molecule has 0 aliphatic rings. The number of fused-ring (bicyclic) bond motifs is 1. The van der Waals surface area contributed by atoms with Crippen molar-refractivity contribution in [3.63, 3.8) is 0 Å². The zero-order chi connectivity index (χ0) is 10.1. The first-order chi connectivity index (χ1) is 6.68. The molecule has 0 aliphatic heterocycles. The van der Waals surface area contributed by atoms with Gasteiger partial charge in [-0.05, 0) is 42.2 Å². The highest BCUT2D eigenvalue weighted by atomic mass is 79.9. The van der Waals surface area contributed by atoms with E-state index in [1.165, 1.54) is 0 Å². The van der Waals surface area contributed by atoms with Crippen molar-refractivity contribution in [1.29, 1.82) is 0 Å². The van der Waals surface area contributed by atoms with E-state index in [1.54, 1.807) is 0 Å². The first kappa shape index (κ1) is 9.68. The number of hydrogen-bond donors (Lipinski definition) is 0. The fourth-order valence-electron chi connectivity index (χ4n) is 1.48. The van der Waals surface area contributed by atoms with E-state index >= 15 is 0 Å². The maximum Gasteiger partial charge on any atom is 0.142 e. The van der Waals surface area contributed by atoms with Crippen LogP contribution in [0.2, 0.25) is 0 Å². The average molecular weight is 254 g/mol. The smallest absolute Gasteiger partial charge is 0.142 e. The largest absolute Gasteiger partial charge is 0.319 e. The van der Waals surface area contributed by atoms with E-state index < -0.39 is 0 Å². The molecule has 2 aromatic rings. The van der Waals surface area contributed by atoms with Crippen LogP contribution in [0.3, 0.4) is 0 Å². The van der Waals surface area contributed by atoms with Crippen LogP contribution in [0.5, 0.6) is 0 Å². The predicted molar refractivity (Wildman–Crippen MR) is 61.1 cm³/mol. The molecular formula is C10H12BrN3. The van der Waals surface area contributed by atoms with Crippen LogP contribution >= 0.6 is 15.9 Å². The molecule has 2 heterocycles. The van der Waals surface area contributed by atoms with Gasteiger partial charge in [-0.3, -0.25) is 4.90 Å². The quantitative estimate of drug-likeness (QED) is 0.820. The third-order valence-electron chi connectivity index (χ3n) is 2.04. The summed E-state index contributed by atoms with van der Waals surface area (Å²) in [6, 6.07) is 4.04. The second kappa shape index (κ2) is 3.71. The van der Waals surface area contributed by atoms with Crippen molar-refractivity contribution in [2.75, 3.05) is 14.1 Å². The van der Waals surface area contributed by atoms with Gasteiger partial charge in [0, 0.05) is 22.3 Å². The Kier molecular flexibility index (Phi) is 2.56. The molecule has 0 aliphatic carbocycles. The summed E-state index contributed by atoms with van der Waals surface area (Å²) in [7, 11) is 4.09. The highest BCUT2D eigenvalue weighted by Crippen LogP contribution is 2.22. The van der Waals surface area contributed by atoms with E-state index in [4.69, 9.17) is 0 Å². The highest BCUT2D eigenvalue weighted by Gasteiger charge is 2.04. The van der Waals surface area contributed by atoms with Crippen LogP contribution in [-0.4, -0.2) is 28.5 Å². The lowest BCUT2D eigenvalue weighted by atomic mass is 10.3. The lowest BCUT2D eigenvalue weighted by Crippen LogP contribution is -2.16. The number of hydrogen-bond acceptors (Lipinski definition) is 2. The Labute approximate surface area is 91.5 Å². The molecule has 0 unspecified atom stereocenters. The van der Waals surface area contributed by atoms with E-state index in [1.807, 2.05) is 26.4 Å². The van der Waals surface area contributed by atoms with Crippen LogP contribution in [0.25, 0.3) is 11.0 Å². The van der Waals surface area contributed by atoms with Crippen molar-refractivity contribution < 1.29 is 0 Å². The molecule has 0 saturated heterocycles. The minimum Gasteiger partial charge on any atom is -0.319 e. The van der Waals surface area contributed by atoms with Crippen molar-refractivity contribution in [2.45, 2.75) is 6.67 Å². The Balaban J connectivity index is 2.52. The monoisotopic (exact) mass is 253 g/mol. The number of rotatable bonds is 2. The van der Waals surface area contributed by atoms with Gasteiger partial charge in [-0.25, -0.2) is 4.98 Å². The van der Waals surface area contributed by atoms with E-state index in [0.717, 1.165) is 22.2 Å². The molecule has 0 saturated carbocycles. The van der Waals surface area contributed by atoms with Gasteiger partial charge in [0.1, 0.15) is 5.65 Å².